The van der Waals surface area contributed by atoms with Gasteiger partial charge < -0.3 is 39.0 Å². The van der Waals surface area contributed by atoms with Crippen LogP contribution in [0.2, 0.25) is 0 Å². The topological polar surface area (TPSA) is 207 Å². The van der Waals surface area contributed by atoms with Crippen LogP contribution in [-0.2, 0) is 58.1 Å². The highest BCUT2D eigenvalue weighted by molar-refractivity contribution is 5.96. The van der Waals surface area contributed by atoms with Crippen molar-refractivity contribution in [1.82, 2.24) is 40.4 Å². The van der Waals surface area contributed by atoms with Crippen LogP contribution in [0.3, 0.4) is 0 Å². The van der Waals surface area contributed by atoms with E-state index < -0.39 is 53.3 Å². The molecule has 71 heavy (non-hydrogen) atoms. The van der Waals surface area contributed by atoms with Crippen molar-refractivity contribution in [3.05, 3.63) is 71.5 Å². The maximum atomic E-state index is 14.9. The van der Waals surface area contributed by atoms with Gasteiger partial charge in [-0.05, 0) is 116 Å². The molecule has 5 aliphatic rings. The number of phenols is 1. The van der Waals surface area contributed by atoms with Gasteiger partial charge in [0.2, 0.25) is 17.7 Å². The number of phenolic OH excluding ortho intramolecular Hbond substituents is 1. The number of rotatable bonds is 12. The van der Waals surface area contributed by atoms with E-state index in [1.54, 1.807) is 46.6 Å². The number of carbonyl (C=O) groups is 5. The molecule has 3 aliphatic heterocycles. The van der Waals surface area contributed by atoms with E-state index in [0.29, 0.717) is 43.2 Å². The fourth-order valence-corrected chi connectivity index (χ4v) is 11.5. The molecule has 4 fully saturated rings. The molecule has 17 nitrogen and oxygen atoms in total. The summed E-state index contributed by atoms with van der Waals surface area (Å²) in [6.45, 7) is 6.26. The number of methoxy groups -OCH3 is 2. The van der Waals surface area contributed by atoms with Crippen LogP contribution in [0.5, 0.6) is 5.75 Å². The second-order valence-electron chi connectivity index (χ2n) is 21.4. The van der Waals surface area contributed by atoms with Crippen LogP contribution in [0, 0.1) is 11.3 Å². The van der Waals surface area contributed by atoms with Gasteiger partial charge in [-0.1, -0.05) is 38.8 Å². The quantitative estimate of drug-likeness (QED) is 0.110. The van der Waals surface area contributed by atoms with E-state index in [9.17, 15) is 29.1 Å². The van der Waals surface area contributed by atoms with E-state index in [4.69, 9.17) is 19.2 Å². The first-order valence-electron chi connectivity index (χ1n) is 25.2. The second-order valence-corrected chi connectivity index (χ2v) is 21.4. The van der Waals surface area contributed by atoms with Gasteiger partial charge in [0.05, 0.1) is 42.3 Å². The molecule has 2 aromatic carbocycles. The largest absolute Gasteiger partial charge is 0.508 e. The molecule has 4 N–H and O–H groups in total. The Labute approximate surface area is 415 Å². The van der Waals surface area contributed by atoms with Crippen molar-refractivity contribution in [2.45, 2.75) is 127 Å². The molecule has 2 saturated heterocycles. The summed E-state index contributed by atoms with van der Waals surface area (Å²) in [7, 11) is 8.55. The molecule has 17 heteroatoms. The van der Waals surface area contributed by atoms with E-state index in [2.05, 4.69) is 52.7 Å². The molecule has 4 amide bonds. The summed E-state index contributed by atoms with van der Waals surface area (Å²) in [5.74, 6) is -2.25. The number of aromatic hydroxyl groups is 1. The molecular formula is C54H70N8O9. The Bertz CT molecular complexity index is 2710. The van der Waals surface area contributed by atoms with Crippen LogP contribution in [0.1, 0.15) is 95.1 Å². The third kappa shape index (κ3) is 10.2. The SMILES string of the molecule is CO[C@@H](C)c1ncccc1-c1c2c3cc(ccc3n1C)-c1cc(O)cc(c1)C[C@H](NC(=O)[C@H](C1CCCC1)N(C)C(=O)CN(C)C(=O)[C@H]1N[C@H]1C1(OC)CC1)C(=O)N1CCC[C@H](N1)C(=O)OCC(C)(C)C2. The minimum absolute atomic E-state index is 0.0112. The number of hydrazine groups is 1. The minimum Gasteiger partial charge on any atom is -0.508 e. The number of cyclic esters (lactones) is 1. The Morgan fingerprint density at radius 3 is 2.49 bits per heavy atom. The zero-order valence-electron chi connectivity index (χ0n) is 42.4. The van der Waals surface area contributed by atoms with Gasteiger partial charge in [0, 0.05) is 76.4 Å². The summed E-state index contributed by atoms with van der Waals surface area (Å²) in [6.07, 6.45) is 7.90. The van der Waals surface area contributed by atoms with Crippen LogP contribution in [-0.4, -0.2) is 143 Å². The fourth-order valence-electron chi connectivity index (χ4n) is 11.5. The molecule has 2 saturated carbocycles. The molecule has 6 bridgehead atoms. The second kappa shape index (κ2) is 20.0. The summed E-state index contributed by atoms with van der Waals surface area (Å²) in [4.78, 5) is 79.0. The zero-order chi connectivity index (χ0) is 50.5. The van der Waals surface area contributed by atoms with E-state index in [1.807, 2.05) is 32.2 Å². The summed E-state index contributed by atoms with van der Waals surface area (Å²) >= 11 is 0. The van der Waals surface area contributed by atoms with Gasteiger partial charge in [-0.3, -0.25) is 39.3 Å². The molecule has 0 unspecified atom stereocenters. The number of aromatic nitrogens is 2. The molecule has 6 atom stereocenters. The number of ether oxygens (including phenoxy) is 3. The standard InChI is InChI=1S/C54H70N8O9/c1-31(69-7)44-37(15-11-21-55-44)47-39-28-53(2,3)30-71-52(68)40-16-12-22-62(58-40)50(66)41(25-32-23-35(26-36(63)24-32)34-17-18-42(60(47)5)38(39)27-34)56-49(65)46(33-13-9-10-14-33)61(6)43(64)29-59(4)51(67)45-48(57-45)54(70-8)19-20-54/h11,15,17-18,21,23-24,26-27,31,33,40-41,45-46,48,57-58,63H,9-10,12-14,16,19-20,22,25,28-30H2,1-8H3,(H,56,65)/t31-,40-,41-,45-,46-,48+/m0/s1. The number of aryl methyl sites for hydroxylation is 1. The highest BCUT2D eigenvalue weighted by atomic mass is 16.5. The lowest BCUT2D eigenvalue weighted by Crippen LogP contribution is -2.62. The number of esters is 1. The lowest BCUT2D eigenvalue weighted by atomic mass is 9.84. The number of likely N-dealkylation sites (N-methyl/N-ethyl adjacent to an activating group) is 2. The Balaban J connectivity index is 1.06. The predicted molar refractivity (Wildman–Crippen MR) is 266 cm³/mol. The normalized spacial score (nSPS) is 23.9. The van der Waals surface area contributed by atoms with Gasteiger partial charge in [-0.15, -0.1) is 0 Å². The highest BCUT2D eigenvalue weighted by Crippen LogP contribution is 2.48. The molecule has 5 heterocycles. The van der Waals surface area contributed by atoms with Crippen molar-refractivity contribution < 1.29 is 43.3 Å². The average molecular weight is 975 g/mol. The van der Waals surface area contributed by atoms with Crippen LogP contribution in [0.4, 0.5) is 0 Å². The Hall–Kier alpha value is -5.88. The lowest BCUT2D eigenvalue weighted by molar-refractivity contribution is -0.155. The molecular weight excluding hydrogens is 905 g/mol. The van der Waals surface area contributed by atoms with Crippen LogP contribution in [0.25, 0.3) is 33.3 Å². The summed E-state index contributed by atoms with van der Waals surface area (Å²) < 4.78 is 19.8. The Morgan fingerprint density at radius 1 is 1.01 bits per heavy atom. The van der Waals surface area contributed by atoms with Crippen LogP contribution >= 0.6 is 0 Å². The van der Waals surface area contributed by atoms with Crippen molar-refractivity contribution in [3.63, 3.8) is 0 Å². The summed E-state index contributed by atoms with van der Waals surface area (Å²) in [6, 6.07) is 11.9. The number of fused-ring (bicyclic) bond motifs is 6. The highest BCUT2D eigenvalue weighted by Gasteiger charge is 2.63. The summed E-state index contributed by atoms with van der Waals surface area (Å²) in [5, 5.41) is 20.1. The van der Waals surface area contributed by atoms with Gasteiger partial charge in [-0.2, -0.15) is 0 Å². The number of amides is 4. The number of carbonyl (C=O) groups excluding carboxylic acids is 5. The van der Waals surface area contributed by atoms with Crippen molar-refractivity contribution >= 4 is 40.5 Å². The number of hydrogen-bond acceptors (Lipinski definition) is 12. The Morgan fingerprint density at radius 2 is 1.77 bits per heavy atom. The maximum absolute atomic E-state index is 14.9. The Kier molecular flexibility index (Phi) is 14.1. The van der Waals surface area contributed by atoms with E-state index in [0.717, 1.165) is 64.7 Å². The molecule has 2 aliphatic carbocycles. The molecule has 4 aromatic rings. The maximum Gasteiger partial charge on any atom is 0.324 e. The van der Waals surface area contributed by atoms with Crippen LogP contribution in [0.15, 0.2) is 54.7 Å². The van der Waals surface area contributed by atoms with Crippen molar-refractivity contribution in [1.29, 1.82) is 0 Å². The number of nitrogens with one attached hydrogen (secondary N) is 3. The van der Waals surface area contributed by atoms with Crippen molar-refractivity contribution in [2.24, 2.45) is 18.4 Å². The molecule has 0 spiro atoms. The zero-order valence-corrected chi connectivity index (χ0v) is 42.4. The van der Waals surface area contributed by atoms with E-state index in [1.165, 1.54) is 14.8 Å². The van der Waals surface area contributed by atoms with Crippen molar-refractivity contribution in [2.75, 3.05) is 48.0 Å². The third-order valence-corrected chi connectivity index (χ3v) is 15.7. The number of pyridine rings is 1. The predicted octanol–water partition coefficient (Wildman–Crippen LogP) is 4.96. The van der Waals surface area contributed by atoms with Gasteiger partial charge in [0.15, 0.2) is 0 Å². The number of hydrogen-bond donors (Lipinski definition) is 4. The van der Waals surface area contributed by atoms with E-state index in [-0.39, 0.29) is 61.4 Å². The fraction of sp³-hybridized carbons (Fsp3) is 0.556. The third-order valence-electron chi connectivity index (χ3n) is 15.7. The lowest BCUT2D eigenvalue weighted by Gasteiger charge is -2.37. The van der Waals surface area contributed by atoms with Crippen molar-refractivity contribution in [3.8, 4) is 28.1 Å². The first-order valence-corrected chi connectivity index (χ1v) is 25.2. The molecule has 380 valence electrons. The van der Waals surface area contributed by atoms with Gasteiger partial charge in [-0.25, -0.2) is 5.43 Å². The molecule has 0 radical (unpaired) electrons. The van der Waals surface area contributed by atoms with Gasteiger partial charge in [0.25, 0.3) is 5.91 Å². The minimum atomic E-state index is -1.17. The number of benzene rings is 2. The number of nitrogens with zero attached hydrogens (tertiary/aromatic N) is 5. The van der Waals surface area contributed by atoms with Crippen LogP contribution < -0.4 is 16.1 Å². The van der Waals surface area contributed by atoms with Gasteiger partial charge >= 0.3 is 5.97 Å². The monoisotopic (exact) mass is 975 g/mol. The first kappa shape index (κ1) is 50.1. The molecule has 2 aromatic heterocycles. The molecule has 9 rings (SSSR count). The van der Waals surface area contributed by atoms with Gasteiger partial charge in [0.1, 0.15) is 29.9 Å². The summed E-state index contributed by atoms with van der Waals surface area (Å²) in [5.41, 5.74) is 9.10. The van der Waals surface area contributed by atoms with E-state index >= 15 is 0 Å². The average Bonchev–Trinajstić information content (AvgIpc) is 4.27. The first-order chi connectivity index (χ1) is 33.9. The smallest absolute Gasteiger partial charge is 0.324 e.